The van der Waals surface area contributed by atoms with E-state index in [9.17, 15) is 13.2 Å². The Kier molecular flexibility index (Phi) is 7.21. The molecule has 0 saturated carbocycles. The Bertz CT molecular complexity index is 821. The average molecular weight is 406 g/mol. The van der Waals surface area contributed by atoms with Crippen LogP contribution in [0.5, 0.6) is 0 Å². The van der Waals surface area contributed by atoms with Gasteiger partial charge in [0.05, 0.1) is 18.9 Å². The second-order valence-electron chi connectivity index (χ2n) is 7.54. The van der Waals surface area contributed by atoms with E-state index in [1.54, 1.807) is 20.8 Å². The lowest BCUT2D eigenvalue weighted by atomic mass is 9.85. The molecule has 0 aliphatic rings. The molecule has 7 heteroatoms. The Labute approximate surface area is 167 Å². The number of carbonyl (C=O) groups excluding carboxylic acids is 1. The van der Waals surface area contributed by atoms with Gasteiger partial charge in [0.2, 0.25) is 0 Å². The molecule has 28 heavy (non-hydrogen) atoms. The number of ether oxygens (including phenoxy) is 1. The van der Waals surface area contributed by atoms with E-state index in [0.717, 1.165) is 17.4 Å². The van der Waals surface area contributed by atoms with Crippen LogP contribution in [-0.2, 0) is 19.0 Å². The molecule has 0 spiro atoms. The van der Waals surface area contributed by atoms with Crippen molar-refractivity contribution in [1.29, 1.82) is 0 Å². The third-order valence-corrected chi connectivity index (χ3v) is 4.45. The summed E-state index contributed by atoms with van der Waals surface area (Å²) in [7, 11) is -3.68. The molecule has 0 radical (unpaired) electrons. The van der Waals surface area contributed by atoms with E-state index < -0.39 is 27.9 Å². The molecule has 6 nitrogen and oxygen atoms in total. The summed E-state index contributed by atoms with van der Waals surface area (Å²) in [6.45, 7) is 5.08. The number of benzene rings is 2. The van der Waals surface area contributed by atoms with Crippen LogP contribution in [0.3, 0.4) is 0 Å². The van der Waals surface area contributed by atoms with E-state index in [1.165, 1.54) is 0 Å². The quantitative estimate of drug-likeness (QED) is 0.711. The zero-order valence-electron chi connectivity index (χ0n) is 16.6. The molecule has 2 aromatic rings. The molecule has 0 bridgehead atoms. The molecule has 2 rings (SSSR count). The summed E-state index contributed by atoms with van der Waals surface area (Å²) < 4.78 is 33.6. The number of hydrogen-bond donors (Lipinski definition) is 1. The molecule has 0 saturated heterocycles. The van der Waals surface area contributed by atoms with Gasteiger partial charge in [0.25, 0.3) is 10.1 Å². The number of carbonyl (C=O) groups is 1. The van der Waals surface area contributed by atoms with Gasteiger partial charge in [-0.15, -0.1) is 0 Å². The lowest BCUT2D eigenvalue weighted by molar-refractivity contribution is 0.0482. The van der Waals surface area contributed by atoms with Crippen LogP contribution in [-0.4, -0.2) is 39.0 Å². The van der Waals surface area contributed by atoms with E-state index in [4.69, 9.17) is 8.92 Å². The van der Waals surface area contributed by atoms with Gasteiger partial charge in [-0.3, -0.25) is 4.18 Å². The lowest BCUT2D eigenvalue weighted by Gasteiger charge is -2.30. The van der Waals surface area contributed by atoms with Crippen LogP contribution in [0.15, 0.2) is 60.7 Å². The number of nitrogens with one attached hydrogen (secondary N) is 1. The highest BCUT2D eigenvalue weighted by Gasteiger charge is 2.29. The van der Waals surface area contributed by atoms with Gasteiger partial charge in [0.15, 0.2) is 0 Å². The Morgan fingerprint density at radius 2 is 1.43 bits per heavy atom. The molecule has 0 fully saturated rings. The molecule has 2 aromatic carbocycles. The maximum absolute atomic E-state index is 12.4. The summed E-state index contributed by atoms with van der Waals surface area (Å²) in [6, 6.07) is 18.5. The molecule has 152 valence electrons. The van der Waals surface area contributed by atoms with Crippen molar-refractivity contribution >= 4 is 16.2 Å². The lowest BCUT2D eigenvalue weighted by Crippen LogP contribution is -2.45. The fraction of sp³-hybridized carbons (Fsp3) is 0.381. The summed E-state index contributed by atoms with van der Waals surface area (Å²) >= 11 is 0. The van der Waals surface area contributed by atoms with Crippen molar-refractivity contribution < 1.29 is 22.1 Å². The summed E-state index contributed by atoms with van der Waals surface area (Å²) in [5.41, 5.74) is 1.17. The number of amides is 1. The van der Waals surface area contributed by atoms with E-state index in [-0.39, 0.29) is 12.5 Å². The van der Waals surface area contributed by atoms with Gasteiger partial charge in [-0.05, 0) is 31.9 Å². The van der Waals surface area contributed by atoms with E-state index in [2.05, 4.69) is 5.32 Å². The van der Waals surface area contributed by atoms with Gasteiger partial charge in [-0.1, -0.05) is 60.7 Å². The Hall–Kier alpha value is -2.38. The Morgan fingerprint density at radius 1 is 0.964 bits per heavy atom. The van der Waals surface area contributed by atoms with Crippen LogP contribution < -0.4 is 5.32 Å². The second kappa shape index (κ2) is 9.21. The summed E-state index contributed by atoms with van der Waals surface area (Å²) in [6.07, 6.45) is 0.351. The fourth-order valence-electron chi connectivity index (χ4n) is 2.85. The molecule has 1 atom stereocenters. The summed E-state index contributed by atoms with van der Waals surface area (Å²) in [4.78, 5) is 12.4. The van der Waals surface area contributed by atoms with Crippen LogP contribution in [0, 0.1) is 0 Å². The van der Waals surface area contributed by atoms with Crippen LogP contribution in [0.25, 0.3) is 0 Å². The van der Waals surface area contributed by atoms with Gasteiger partial charge in [0.1, 0.15) is 5.60 Å². The van der Waals surface area contributed by atoms with Gasteiger partial charge in [-0.25, -0.2) is 4.79 Å². The highest BCUT2D eigenvalue weighted by atomic mass is 32.2. The predicted octanol–water partition coefficient (Wildman–Crippen LogP) is 3.69. The van der Waals surface area contributed by atoms with Gasteiger partial charge in [-0.2, -0.15) is 8.42 Å². The van der Waals surface area contributed by atoms with Crippen molar-refractivity contribution in [3.63, 3.8) is 0 Å². The third-order valence-electron chi connectivity index (χ3n) is 3.88. The second-order valence-corrected chi connectivity index (χ2v) is 9.18. The first kappa shape index (κ1) is 21.9. The molecule has 0 heterocycles. The van der Waals surface area contributed by atoms with Gasteiger partial charge < -0.3 is 10.1 Å². The molecular formula is C21H27NO5S. The third kappa shape index (κ3) is 7.32. The van der Waals surface area contributed by atoms with Crippen LogP contribution in [0.4, 0.5) is 4.79 Å². The molecule has 1 N–H and O–H groups in total. The first-order valence-electron chi connectivity index (χ1n) is 8.99. The number of hydrogen-bond acceptors (Lipinski definition) is 5. The summed E-state index contributed by atoms with van der Waals surface area (Å²) in [5, 5.41) is 2.79. The van der Waals surface area contributed by atoms with Crippen LogP contribution >= 0.6 is 0 Å². The maximum Gasteiger partial charge on any atom is 0.407 e. The standard InChI is InChI=1S/C21H27NO5S/c1-21(2,3)27-20(23)22-18(15-26-28(4,24)25)19(16-11-7-5-8-12-16)17-13-9-6-10-14-17/h5-14,18-19H,15H2,1-4H3,(H,22,23). The minimum absolute atomic E-state index is 0.216. The van der Waals surface area contributed by atoms with Crippen molar-refractivity contribution in [3.05, 3.63) is 71.8 Å². The van der Waals surface area contributed by atoms with Crippen molar-refractivity contribution in [3.8, 4) is 0 Å². The minimum Gasteiger partial charge on any atom is -0.444 e. The van der Waals surface area contributed by atoms with Crippen molar-refractivity contribution in [2.24, 2.45) is 0 Å². The fourth-order valence-corrected chi connectivity index (χ4v) is 3.25. The molecule has 1 amide bonds. The van der Waals surface area contributed by atoms with Gasteiger partial charge >= 0.3 is 6.09 Å². The highest BCUT2D eigenvalue weighted by molar-refractivity contribution is 7.85. The zero-order chi connectivity index (χ0) is 20.8. The van der Waals surface area contributed by atoms with Gasteiger partial charge in [0, 0.05) is 5.92 Å². The number of rotatable bonds is 7. The topological polar surface area (TPSA) is 81.7 Å². The van der Waals surface area contributed by atoms with E-state index in [0.29, 0.717) is 0 Å². The largest absolute Gasteiger partial charge is 0.444 e. The van der Waals surface area contributed by atoms with Crippen molar-refractivity contribution in [2.75, 3.05) is 12.9 Å². The maximum atomic E-state index is 12.4. The van der Waals surface area contributed by atoms with E-state index in [1.807, 2.05) is 60.7 Å². The SMILES string of the molecule is CC(C)(C)OC(=O)NC(COS(C)(=O)=O)C(c1ccccc1)c1ccccc1. The molecule has 0 aromatic heterocycles. The highest BCUT2D eigenvalue weighted by Crippen LogP contribution is 2.29. The first-order chi connectivity index (χ1) is 13.1. The van der Waals surface area contributed by atoms with Crippen LogP contribution in [0.2, 0.25) is 0 Å². The zero-order valence-corrected chi connectivity index (χ0v) is 17.4. The van der Waals surface area contributed by atoms with Crippen LogP contribution in [0.1, 0.15) is 37.8 Å². The van der Waals surface area contributed by atoms with E-state index >= 15 is 0 Å². The predicted molar refractivity (Wildman–Crippen MR) is 109 cm³/mol. The molecular weight excluding hydrogens is 378 g/mol. The van der Waals surface area contributed by atoms with Crippen molar-refractivity contribution in [1.82, 2.24) is 5.32 Å². The normalized spacial score (nSPS) is 13.2. The smallest absolute Gasteiger partial charge is 0.407 e. The molecule has 1 unspecified atom stereocenters. The van der Waals surface area contributed by atoms with Crippen molar-refractivity contribution in [2.45, 2.75) is 38.3 Å². The number of alkyl carbamates (subject to hydrolysis) is 1. The summed E-state index contributed by atoms with van der Waals surface area (Å²) in [5.74, 6) is -0.323. The minimum atomic E-state index is -3.68. The molecule has 0 aliphatic carbocycles. The Morgan fingerprint density at radius 3 is 1.82 bits per heavy atom. The monoisotopic (exact) mass is 405 g/mol. The first-order valence-corrected chi connectivity index (χ1v) is 10.8. The molecule has 0 aliphatic heterocycles. The average Bonchev–Trinajstić information content (AvgIpc) is 2.59. The Balaban J connectivity index is 2.40.